The zero-order valence-corrected chi connectivity index (χ0v) is 40.9. The maximum atomic E-state index is 12.7. The van der Waals surface area contributed by atoms with Crippen molar-refractivity contribution in [1.82, 2.24) is 0 Å². The van der Waals surface area contributed by atoms with Crippen molar-refractivity contribution in [2.24, 2.45) is 0 Å². The van der Waals surface area contributed by atoms with Gasteiger partial charge in [-0.15, -0.1) is 0 Å². The lowest BCUT2D eigenvalue weighted by molar-refractivity contribution is -0.870. The number of allylic oxidation sites excluding steroid dienone is 2. The van der Waals surface area contributed by atoms with Crippen LogP contribution in [0, 0.1) is 0 Å². The summed E-state index contributed by atoms with van der Waals surface area (Å²) in [7, 11) is 1.37. The number of esters is 1. The first-order valence-electron chi connectivity index (χ1n) is 25.4. The molecule has 0 aliphatic rings. The SMILES string of the molecule is CCCCCC/C=C\CCCCCCCCOCC(COP(=O)([O-])OCC[N+](C)(C)C)OC(=O)CCCCCCCCCCCCCCCCCCCCCCCCC. The van der Waals surface area contributed by atoms with Crippen molar-refractivity contribution in [2.75, 3.05) is 54.1 Å². The Balaban J connectivity index is 4.06. The summed E-state index contributed by atoms with van der Waals surface area (Å²) in [6.45, 7) is 5.44. The number of hydrogen-bond acceptors (Lipinski definition) is 7. The van der Waals surface area contributed by atoms with E-state index in [1.165, 1.54) is 193 Å². The second-order valence-electron chi connectivity index (χ2n) is 18.5. The molecule has 2 atom stereocenters. The van der Waals surface area contributed by atoms with E-state index in [2.05, 4.69) is 26.0 Å². The van der Waals surface area contributed by atoms with Gasteiger partial charge in [0.05, 0.1) is 34.4 Å². The minimum Gasteiger partial charge on any atom is -0.756 e. The number of hydrogen-bond donors (Lipinski definition) is 0. The average Bonchev–Trinajstić information content (AvgIpc) is 3.19. The van der Waals surface area contributed by atoms with E-state index < -0.39 is 13.9 Å². The van der Waals surface area contributed by atoms with Crippen LogP contribution in [0.4, 0.5) is 0 Å². The maximum Gasteiger partial charge on any atom is 0.306 e. The molecular formula is C50H100NO7P. The molecule has 0 aliphatic heterocycles. The first-order valence-corrected chi connectivity index (χ1v) is 26.9. The molecule has 0 aromatic rings. The van der Waals surface area contributed by atoms with Crippen LogP contribution < -0.4 is 4.89 Å². The lowest BCUT2D eigenvalue weighted by atomic mass is 10.0. The van der Waals surface area contributed by atoms with Crippen LogP contribution in [0.15, 0.2) is 12.2 Å². The van der Waals surface area contributed by atoms with E-state index in [-0.39, 0.29) is 25.8 Å². The predicted octanol–water partition coefficient (Wildman–Crippen LogP) is 14.8. The Labute approximate surface area is 367 Å². The summed E-state index contributed by atoms with van der Waals surface area (Å²) in [5.74, 6) is -0.330. The first kappa shape index (κ1) is 58.2. The van der Waals surface area contributed by atoms with Crippen LogP contribution >= 0.6 is 7.82 Å². The van der Waals surface area contributed by atoms with Gasteiger partial charge in [-0.3, -0.25) is 9.36 Å². The Morgan fingerprint density at radius 3 is 1.31 bits per heavy atom. The summed E-state index contributed by atoms with van der Waals surface area (Å²) in [6, 6.07) is 0. The molecule has 0 aromatic carbocycles. The predicted molar refractivity (Wildman–Crippen MR) is 250 cm³/mol. The van der Waals surface area contributed by atoms with Crippen molar-refractivity contribution in [3.05, 3.63) is 12.2 Å². The van der Waals surface area contributed by atoms with E-state index in [0.29, 0.717) is 24.1 Å². The van der Waals surface area contributed by atoms with Crippen molar-refractivity contribution >= 4 is 13.8 Å². The second kappa shape index (κ2) is 43.9. The molecule has 0 aliphatic carbocycles. The number of phosphoric acid groups is 1. The zero-order valence-electron chi connectivity index (χ0n) is 40.0. The first-order chi connectivity index (χ1) is 28.6. The summed E-state index contributed by atoms with van der Waals surface area (Å²) < 4.78 is 34.7. The molecule has 0 radical (unpaired) electrons. The standard InChI is InChI=1S/C50H100NO7P/c1-6-8-10-12-14-16-18-20-22-23-24-25-26-27-28-29-30-31-33-35-37-39-41-43-50(52)58-49(48-57-59(53,54)56-46-44-51(3,4)5)47-55-45-42-40-38-36-34-32-21-19-17-15-13-11-9-7-2/h17,19,49H,6-16,18,20-48H2,1-5H3/b19-17-. The van der Waals surface area contributed by atoms with E-state index >= 15 is 0 Å². The fraction of sp³-hybridized carbons (Fsp3) is 0.940. The molecule has 59 heavy (non-hydrogen) atoms. The Morgan fingerprint density at radius 1 is 0.508 bits per heavy atom. The van der Waals surface area contributed by atoms with E-state index in [1.807, 2.05) is 21.1 Å². The highest BCUT2D eigenvalue weighted by molar-refractivity contribution is 7.45. The van der Waals surface area contributed by atoms with E-state index in [1.54, 1.807) is 0 Å². The number of rotatable bonds is 48. The van der Waals surface area contributed by atoms with Crippen LogP contribution in [0.25, 0.3) is 0 Å². The van der Waals surface area contributed by atoms with Gasteiger partial charge in [0.15, 0.2) is 0 Å². The van der Waals surface area contributed by atoms with Crippen molar-refractivity contribution in [1.29, 1.82) is 0 Å². The summed E-state index contributed by atoms with van der Waals surface area (Å²) in [5, 5.41) is 0. The molecule has 0 heterocycles. The molecule has 9 heteroatoms. The maximum absolute atomic E-state index is 12.7. The highest BCUT2D eigenvalue weighted by Crippen LogP contribution is 2.38. The van der Waals surface area contributed by atoms with Gasteiger partial charge in [0, 0.05) is 13.0 Å². The molecule has 0 saturated heterocycles. The molecule has 0 fully saturated rings. The summed E-state index contributed by atoms with van der Waals surface area (Å²) in [4.78, 5) is 25.1. The van der Waals surface area contributed by atoms with Crippen molar-refractivity contribution in [3.8, 4) is 0 Å². The molecule has 2 unspecified atom stereocenters. The molecule has 0 saturated carbocycles. The normalized spacial score (nSPS) is 13.7. The van der Waals surface area contributed by atoms with Gasteiger partial charge in [-0.2, -0.15) is 0 Å². The third kappa shape index (κ3) is 48.1. The number of nitrogens with zero attached hydrogens (tertiary/aromatic N) is 1. The minimum atomic E-state index is -4.52. The van der Waals surface area contributed by atoms with Gasteiger partial charge >= 0.3 is 5.97 Å². The second-order valence-corrected chi connectivity index (χ2v) is 19.9. The lowest BCUT2D eigenvalue weighted by Gasteiger charge is -2.28. The smallest absolute Gasteiger partial charge is 0.306 e. The molecule has 8 nitrogen and oxygen atoms in total. The highest BCUT2D eigenvalue weighted by atomic mass is 31.2. The van der Waals surface area contributed by atoms with Crippen molar-refractivity contribution in [3.63, 3.8) is 0 Å². The Kier molecular flexibility index (Phi) is 43.3. The van der Waals surface area contributed by atoms with Gasteiger partial charge in [-0.05, 0) is 38.5 Å². The van der Waals surface area contributed by atoms with Gasteiger partial charge in [0.2, 0.25) is 0 Å². The fourth-order valence-electron chi connectivity index (χ4n) is 7.37. The van der Waals surface area contributed by atoms with Crippen LogP contribution in [0.1, 0.15) is 245 Å². The molecule has 352 valence electrons. The van der Waals surface area contributed by atoms with Crippen molar-refractivity contribution in [2.45, 2.75) is 251 Å². The van der Waals surface area contributed by atoms with E-state index in [0.717, 1.165) is 32.1 Å². The Morgan fingerprint density at radius 2 is 0.881 bits per heavy atom. The van der Waals surface area contributed by atoms with Crippen LogP contribution in [0.3, 0.4) is 0 Å². The molecular weight excluding hydrogens is 758 g/mol. The fourth-order valence-corrected chi connectivity index (χ4v) is 8.10. The molecule has 0 aromatic heterocycles. The van der Waals surface area contributed by atoms with Crippen LogP contribution in [-0.4, -0.2) is 70.7 Å². The quantitative estimate of drug-likeness (QED) is 0.0198. The topological polar surface area (TPSA) is 94.1 Å². The van der Waals surface area contributed by atoms with Gasteiger partial charge in [-0.25, -0.2) is 0 Å². The van der Waals surface area contributed by atoms with Crippen molar-refractivity contribution < 1.29 is 37.3 Å². The summed E-state index contributed by atoms with van der Waals surface area (Å²) >= 11 is 0. The van der Waals surface area contributed by atoms with Crippen LogP contribution in [-0.2, 0) is 27.9 Å². The number of carbonyl (C=O) groups is 1. The molecule has 0 amide bonds. The van der Waals surface area contributed by atoms with Crippen LogP contribution in [0.5, 0.6) is 0 Å². The average molecular weight is 858 g/mol. The van der Waals surface area contributed by atoms with Gasteiger partial charge in [0.25, 0.3) is 7.82 Å². The number of quaternary nitrogens is 1. The number of likely N-dealkylation sites (N-methyl/N-ethyl adjacent to an activating group) is 1. The summed E-state index contributed by atoms with van der Waals surface area (Å²) in [5.41, 5.74) is 0. The molecule has 0 spiro atoms. The van der Waals surface area contributed by atoms with E-state index in [9.17, 15) is 14.3 Å². The monoisotopic (exact) mass is 858 g/mol. The Bertz CT molecular complexity index is 956. The Hall–Kier alpha value is -0.760. The lowest BCUT2D eigenvalue weighted by Crippen LogP contribution is -2.37. The third-order valence-corrected chi connectivity index (χ3v) is 12.3. The minimum absolute atomic E-state index is 0.0284. The number of carbonyl (C=O) groups excluding carboxylic acids is 1. The largest absolute Gasteiger partial charge is 0.756 e. The third-order valence-electron chi connectivity index (χ3n) is 11.3. The molecule has 0 N–H and O–H groups in total. The highest BCUT2D eigenvalue weighted by Gasteiger charge is 2.20. The number of unbranched alkanes of at least 4 members (excludes halogenated alkanes) is 32. The van der Waals surface area contributed by atoms with Gasteiger partial charge < -0.3 is 27.9 Å². The van der Waals surface area contributed by atoms with Gasteiger partial charge in [0.1, 0.15) is 19.3 Å². The number of phosphoric ester groups is 1. The summed E-state index contributed by atoms with van der Waals surface area (Å²) in [6.07, 6.45) is 49.5. The molecule has 0 rings (SSSR count). The van der Waals surface area contributed by atoms with Gasteiger partial charge in [-0.1, -0.05) is 212 Å². The molecule has 0 bridgehead atoms. The van der Waals surface area contributed by atoms with Crippen LogP contribution in [0.2, 0.25) is 0 Å². The zero-order chi connectivity index (χ0) is 43.4. The number of ether oxygens (including phenoxy) is 2. The van der Waals surface area contributed by atoms with E-state index in [4.69, 9.17) is 18.5 Å².